The van der Waals surface area contributed by atoms with Crippen LogP contribution in [0.15, 0.2) is 24.3 Å². The first kappa shape index (κ1) is 14.2. The molecule has 98 valence electrons. The van der Waals surface area contributed by atoms with Crippen molar-refractivity contribution < 1.29 is 14.7 Å². The quantitative estimate of drug-likeness (QED) is 0.664. The van der Waals surface area contributed by atoms with Crippen LogP contribution in [0, 0.1) is 6.92 Å². The summed E-state index contributed by atoms with van der Waals surface area (Å²) in [6.45, 7) is 3.88. The first-order chi connectivity index (χ1) is 8.49. The van der Waals surface area contributed by atoms with Gasteiger partial charge in [0.1, 0.15) is 0 Å². The lowest BCUT2D eigenvalue weighted by Gasteiger charge is -2.08. The van der Waals surface area contributed by atoms with E-state index in [1.54, 1.807) is 0 Å². The third-order valence-electron chi connectivity index (χ3n) is 2.34. The highest BCUT2D eigenvalue weighted by molar-refractivity contribution is 6.35. The third-order valence-corrected chi connectivity index (χ3v) is 2.34. The van der Waals surface area contributed by atoms with Gasteiger partial charge >= 0.3 is 11.8 Å². The number of aliphatic hydroxyl groups is 1. The topological polar surface area (TPSA) is 78.4 Å². The molecule has 1 atom stereocenters. The summed E-state index contributed by atoms with van der Waals surface area (Å²) in [6.07, 6.45) is -0.668. The molecule has 0 aliphatic heterocycles. The number of benzene rings is 1. The molecule has 0 spiro atoms. The molecule has 18 heavy (non-hydrogen) atoms. The molecule has 0 aliphatic rings. The number of nitrogens with one attached hydrogen (secondary N) is 2. The van der Waals surface area contributed by atoms with Gasteiger partial charge in [0.2, 0.25) is 0 Å². The van der Waals surface area contributed by atoms with E-state index in [-0.39, 0.29) is 6.54 Å². The molecule has 0 bridgehead atoms. The fourth-order valence-corrected chi connectivity index (χ4v) is 1.29. The monoisotopic (exact) mass is 250 g/mol. The minimum Gasteiger partial charge on any atom is -0.392 e. The lowest BCUT2D eigenvalue weighted by molar-refractivity contribution is -0.139. The number of aliphatic hydroxyl groups excluding tert-OH is 1. The van der Waals surface area contributed by atoms with Crippen LogP contribution in [0.3, 0.4) is 0 Å². The van der Waals surface area contributed by atoms with Gasteiger partial charge in [-0.3, -0.25) is 9.59 Å². The highest BCUT2D eigenvalue weighted by Crippen LogP contribution is 2.02. The number of hydrogen-bond acceptors (Lipinski definition) is 3. The van der Waals surface area contributed by atoms with Crippen LogP contribution in [0.5, 0.6) is 0 Å². The maximum Gasteiger partial charge on any atom is 0.309 e. The number of aryl methyl sites for hydroxylation is 1. The summed E-state index contributed by atoms with van der Waals surface area (Å²) >= 11 is 0. The molecule has 5 heteroatoms. The molecule has 0 fully saturated rings. The van der Waals surface area contributed by atoms with E-state index in [0.717, 1.165) is 11.1 Å². The highest BCUT2D eigenvalue weighted by atomic mass is 16.3. The average Bonchev–Trinajstić information content (AvgIpc) is 2.34. The van der Waals surface area contributed by atoms with Gasteiger partial charge in [0.25, 0.3) is 0 Å². The maximum atomic E-state index is 11.4. The molecule has 0 aromatic heterocycles. The Hall–Kier alpha value is -1.88. The Morgan fingerprint density at radius 1 is 1.17 bits per heavy atom. The van der Waals surface area contributed by atoms with E-state index >= 15 is 0 Å². The number of carbonyl (C=O) groups is 2. The molecule has 1 aromatic carbocycles. The van der Waals surface area contributed by atoms with Crippen LogP contribution in [-0.2, 0) is 16.1 Å². The van der Waals surface area contributed by atoms with E-state index in [1.807, 2.05) is 31.2 Å². The van der Waals surface area contributed by atoms with E-state index in [2.05, 4.69) is 10.6 Å². The van der Waals surface area contributed by atoms with Crippen molar-refractivity contribution in [3.8, 4) is 0 Å². The van der Waals surface area contributed by atoms with Crippen LogP contribution in [0.2, 0.25) is 0 Å². The number of hydrogen-bond donors (Lipinski definition) is 3. The van der Waals surface area contributed by atoms with Crippen LogP contribution in [0.25, 0.3) is 0 Å². The molecule has 0 radical (unpaired) electrons. The first-order valence-corrected chi connectivity index (χ1v) is 5.78. The summed E-state index contributed by atoms with van der Waals surface area (Å²) in [5, 5.41) is 13.8. The van der Waals surface area contributed by atoms with Gasteiger partial charge in [0.05, 0.1) is 6.10 Å². The predicted molar refractivity (Wildman–Crippen MR) is 67.7 cm³/mol. The molecule has 1 rings (SSSR count). The third kappa shape index (κ3) is 4.97. The average molecular weight is 250 g/mol. The van der Waals surface area contributed by atoms with Crippen LogP contribution in [-0.4, -0.2) is 29.6 Å². The molecule has 0 heterocycles. The molecule has 3 N–H and O–H groups in total. The molecule has 0 unspecified atom stereocenters. The highest BCUT2D eigenvalue weighted by Gasteiger charge is 2.12. The Balaban J connectivity index is 2.36. The SMILES string of the molecule is Cc1ccc(CNC(=O)C(=O)NC[C@@H](C)O)cc1. The normalized spacial score (nSPS) is 11.7. The number of amides is 2. The Kier molecular flexibility index (Phi) is 5.32. The molecule has 0 aliphatic carbocycles. The Morgan fingerprint density at radius 2 is 1.72 bits per heavy atom. The summed E-state index contributed by atoms with van der Waals surface area (Å²) in [6, 6.07) is 7.66. The molecule has 1 aromatic rings. The molecule has 0 saturated carbocycles. The lowest BCUT2D eigenvalue weighted by Crippen LogP contribution is -2.42. The smallest absolute Gasteiger partial charge is 0.309 e. The van der Waals surface area contributed by atoms with E-state index in [0.29, 0.717) is 6.54 Å². The van der Waals surface area contributed by atoms with E-state index < -0.39 is 17.9 Å². The van der Waals surface area contributed by atoms with Crippen molar-refractivity contribution in [1.82, 2.24) is 10.6 Å². The summed E-state index contributed by atoms with van der Waals surface area (Å²) < 4.78 is 0. The van der Waals surface area contributed by atoms with E-state index in [4.69, 9.17) is 5.11 Å². The largest absolute Gasteiger partial charge is 0.392 e. The van der Waals surface area contributed by atoms with E-state index in [1.165, 1.54) is 6.92 Å². The zero-order chi connectivity index (χ0) is 13.5. The van der Waals surface area contributed by atoms with Gasteiger partial charge in [-0.05, 0) is 19.4 Å². The second-order valence-electron chi connectivity index (χ2n) is 4.23. The van der Waals surface area contributed by atoms with Gasteiger partial charge in [0, 0.05) is 13.1 Å². The Morgan fingerprint density at radius 3 is 2.28 bits per heavy atom. The molecule has 2 amide bonds. The van der Waals surface area contributed by atoms with Gasteiger partial charge in [0.15, 0.2) is 0 Å². The molecule has 5 nitrogen and oxygen atoms in total. The fourth-order valence-electron chi connectivity index (χ4n) is 1.29. The van der Waals surface area contributed by atoms with Gasteiger partial charge in [-0.15, -0.1) is 0 Å². The molecular weight excluding hydrogens is 232 g/mol. The van der Waals surface area contributed by atoms with Crippen molar-refractivity contribution >= 4 is 11.8 Å². The first-order valence-electron chi connectivity index (χ1n) is 5.78. The summed E-state index contributed by atoms with van der Waals surface area (Å²) in [5.74, 6) is -1.43. The standard InChI is InChI=1S/C13H18N2O3/c1-9-3-5-11(6-4-9)8-15-13(18)12(17)14-7-10(2)16/h3-6,10,16H,7-8H2,1-2H3,(H,14,17)(H,15,18)/t10-/m1/s1. The van der Waals surface area contributed by atoms with Gasteiger partial charge in [-0.25, -0.2) is 0 Å². The summed E-state index contributed by atoms with van der Waals surface area (Å²) in [4.78, 5) is 22.7. The van der Waals surface area contributed by atoms with Gasteiger partial charge in [-0.2, -0.15) is 0 Å². The predicted octanol–water partition coefficient (Wildman–Crippen LogP) is 0.108. The zero-order valence-electron chi connectivity index (χ0n) is 10.6. The molecular formula is C13H18N2O3. The van der Waals surface area contributed by atoms with Crippen LogP contribution >= 0.6 is 0 Å². The number of carbonyl (C=O) groups excluding carboxylic acids is 2. The fraction of sp³-hybridized carbons (Fsp3) is 0.385. The lowest BCUT2D eigenvalue weighted by atomic mass is 10.1. The Labute approximate surface area is 106 Å². The minimum atomic E-state index is -0.733. The minimum absolute atomic E-state index is 0.0663. The summed E-state index contributed by atoms with van der Waals surface area (Å²) in [5.41, 5.74) is 2.07. The molecule has 0 saturated heterocycles. The van der Waals surface area contributed by atoms with Crippen molar-refractivity contribution in [2.24, 2.45) is 0 Å². The van der Waals surface area contributed by atoms with Crippen molar-refractivity contribution in [2.75, 3.05) is 6.54 Å². The van der Waals surface area contributed by atoms with Gasteiger partial charge < -0.3 is 15.7 Å². The van der Waals surface area contributed by atoms with Gasteiger partial charge in [-0.1, -0.05) is 29.8 Å². The van der Waals surface area contributed by atoms with Crippen molar-refractivity contribution in [2.45, 2.75) is 26.5 Å². The summed E-state index contributed by atoms with van der Waals surface area (Å²) in [7, 11) is 0. The Bertz CT molecular complexity index is 413. The van der Waals surface area contributed by atoms with Crippen LogP contribution in [0.1, 0.15) is 18.1 Å². The van der Waals surface area contributed by atoms with E-state index in [9.17, 15) is 9.59 Å². The second kappa shape index (κ2) is 6.76. The van der Waals surface area contributed by atoms with Crippen LogP contribution < -0.4 is 10.6 Å². The number of rotatable bonds is 4. The van der Waals surface area contributed by atoms with Crippen molar-refractivity contribution in [3.05, 3.63) is 35.4 Å². The van der Waals surface area contributed by atoms with Crippen LogP contribution in [0.4, 0.5) is 0 Å². The zero-order valence-corrected chi connectivity index (χ0v) is 10.6. The van der Waals surface area contributed by atoms with Crippen molar-refractivity contribution in [1.29, 1.82) is 0 Å². The van der Waals surface area contributed by atoms with Crippen molar-refractivity contribution in [3.63, 3.8) is 0 Å². The second-order valence-corrected chi connectivity index (χ2v) is 4.23. The maximum absolute atomic E-state index is 11.4.